The molecule has 0 bridgehead atoms. The molecule has 0 aliphatic heterocycles. The molecule has 2 N–H and O–H groups in total. The van der Waals surface area contributed by atoms with Crippen LogP contribution in [0.4, 0.5) is 8.78 Å². The molecular weight excluding hydrogens is 256 g/mol. The van der Waals surface area contributed by atoms with Gasteiger partial charge in [-0.1, -0.05) is 0 Å². The normalized spacial score (nSPS) is 12.6. The Hall–Kier alpha value is -1.46. The summed E-state index contributed by atoms with van der Waals surface area (Å²) < 4.78 is 26.2. The fraction of sp³-hybridized carbons (Fsp3) is 0.231. The number of aromatic hydroxyl groups is 1. The van der Waals surface area contributed by atoms with Crippen LogP contribution in [0, 0.1) is 11.6 Å². The Labute approximate surface area is 108 Å². The van der Waals surface area contributed by atoms with Gasteiger partial charge in [0.1, 0.15) is 0 Å². The SMILES string of the molecule is CC(NCc1cc(F)c(O)c(F)c1)c1ccsc1. The van der Waals surface area contributed by atoms with Gasteiger partial charge in [0.05, 0.1) is 0 Å². The van der Waals surface area contributed by atoms with E-state index in [0.717, 1.165) is 17.7 Å². The summed E-state index contributed by atoms with van der Waals surface area (Å²) in [6, 6.07) is 4.37. The van der Waals surface area contributed by atoms with Gasteiger partial charge in [-0.15, -0.1) is 0 Å². The molecule has 2 aromatic rings. The van der Waals surface area contributed by atoms with Crippen LogP contribution in [0.2, 0.25) is 0 Å². The van der Waals surface area contributed by atoms with Crippen molar-refractivity contribution in [2.45, 2.75) is 19.5 Å². The molecule has 18 heavy (non-hydrogen) atoms. The van der Waals surface area contributed by atoms with Gasteiger partial charge in [0.25, 0.3) is 0 Å². The quantitative estimate of drug-likeness (QED) is 0.889. The Morgan fingerprint density at radius 1 is 1.33 bits per heavy atom. The molecule has 0 aliphatic rings. The van der Waals surface area contributed by atoms with Crippen molar-refractivity contribution in [3.05, 3.63) is 51.7 Å². The number of halogens is 2. The van der Waals surface area contributed by atoms with E-state index in [-0.39, 0.29) is 6.04 Å². The zero-order chi connectivity index (χ0) is 13.1. The first-order valence-electron chi connectivity index (χ1n) is 5.50. The lowest BCUT2D eigenvalue weighted by Crippen LogP contribution is -2.17. The van der Waals surface area contributed by atoms with Crippen LogP contribution in [0.3, 0.4) is 0 Å². The minimum Gasteiger partial charge on any atom is -0.503 e. The predicted molar refractivity (Wildman–Crippen MR) is 67.6 cm³/mol. The second kappa shape index (κ2) is 5.46. The lowest BCUT2D eigenvalue weighted by atomic mass is 10.1. The molecule has 1 aromatic heterocycles. The highest BCUT2D eigenvalue weighted by atomic mass is 32.1. The van der Waals surface area contributed by atoms with E-state index in [2.05, 4.69) is 5.32 Å². The number of nitrogens with one attached hydrogen (secondary N) is 1. The summed E-state index contributed by atoms with van der Waals surface area (Å²) >= 11 is 1.60. The molecular formula is C13H13F2NOS. The molecule has 0 radical (unpaired) electrons. The number of thiophene rings is 1. The Morgan fingerprint density at radius 3 is 2.56 bits per heavy atom. The number of hydrogen-bond donors (Lipinski definition) is 2. The van der Waals surface area contributed by atoms with E-state index >= 15 is 0 Å². The van der Waals surface area contributed by atoms with E-state index in [1.807, 2.05) is 23.8 Å². The molecule has 1 heterocycles. The molecule has 0 aliphatic carbocycles. The molecule has 0 amide bonds. The summed E-state index contributed by atoms with van der Waals surface area (Å²) in [7, 11) is 0. The van der Waals surface area contributed by atoms with Crippen LogP contribution >= 0.6 is 11.3 Å². The lowest BCUT2D eigenvalue weighted by Gasteiger charge is -2.12. The standard InChI is InChI=1S/C13H13F2NOS/c1-8(10-2-3-18-7-10)16-6-9-4-11(14)13(17)12(15)5-9/h2-5,7-8,16-17H,6H2,1H3. The molecule has 96 valence electrons. The zero-order valence-corrected chi connectivity index (χ0v) is 10.6. The summed E-state index contributed by atoms with van der Waals surface area (Å²) in [6.07, 6.45) is 0. The van der Waals surface area contributed by atoms with E-state index < -0.39 is 17.4 Å². The molecule has 1 unspecified atom stereocenters. The topological polar surface area (TPSA) is 32.3 Å². The number of rotatable bonds is 4. The van der Waals surface area contributed by atoms with Crippen molar-refractivity contribution in [3.63, 3.8) is 0 Å². The third-order valence-electron chi connectivity index (χ3n) is 2.73. The highest BCUT2D eigenvalue weighted by molar-refractivity contribution is 7.07. The van der Waals surface area contributed by atoms with Gasteiger partial charge >= 0.3 is 0 Å². The average molecular weight is 269 g/mol. The van der Waals surface area contributed by atoms with Crippen LogP contribution in [0.5, 0.6) is 5.75 Å². The van der Waals surface area contributed by atoms with Crippen molar-refractivity contribution in [2.75, 3.05) is 0 Å². The lowest BCUT2D eigenvalue weighted by molar-refractivity contribution is 0.394. The third kappa shape index (κ3) is 2.86. The van der Waals surface area contributed by atoms with Crippen molar-refractivity contribution < 1.29 is 13.9 Å². The Bertz CT molecular complexity index is 505. The summed E-state index contributed by atoms with van der Waals surface area (Å²) in [4.78, 5) is 0. The van der Waals surface area contributed by atoms with Crippen LogP contribution < -0.4 is 5.32 Å². The molecule has 0 saturated heterocycles. The molecule has 0 saturated carbocycles. The van der Waals surface area contributed by atoms with Gasteiger partial charge in [-0.3, -0.25) is 0 Å². The first-order chi connectivity index (χ1) is 8.58. The summed E-state index contributed by atoms with van der Waals surface area (Å²) in [5.74, 6) is -2.80. The molecule has 2 nitrogen and oxygen atoms in total. The van der Waals surface area contributed by atoms with Crippen LogP contribution in [0.1, 0.15) is 24.1 Å². The second-order valence-corrected chi connectivity index (χ2v) is 4.85. The highest BCUT2D eigenvalue weighted by Crippen LogP contribution is 2.22. The summed E-state index contributed by atoms with van der Waals surface area (Å²) in [5, 5.41) is 16.2. The Kier molecular flexibility index (Phi) is 3.93. The van der Waals surface area contributed by atoms with Gasteiger partial charge < -0.3 is 10.4 Å². The minimum absolute atomic E-state index is 0.108. The largest absolute Gasteiger partial charge is 0.503 e. The maximum atomic E-state index is 13.1. The van der Waals surface area contributed by atoms with E-state index in [1.165, 1.54) is 0 Å². The fourth-order valence-electron chi connectivity index (χ4n) is 1.63. The van der Waals surface area contributed by atoms with Gasteiger partial charge in [0, 0.05) is 12.6 Å². The van der Waals surface area contributed by atoms with Gasteiger partial charge in [-0.2, -0.15) is 11.3 Å². The average Bonchev–Trinajstić information content (AvgIpc) is 2.86. The van der Waals surface area contributed by atoms with Crippen molar-refractivity contribution in [2.24, 2.45) is 0 Å². The van der Waals surface area contributed by atoms with Gasteiger partial charge in [-0.25, -0.2) is 8.78 Å². The van der Waals surface area contributed by atoms with Crippen LogP contribution in [-0.2, 0) is 6.54 Å². The third-order valence-corrected chi connectivity index (χ3v) is 3.43. The van der Waals surface area contributed by atoms with Crippen molar-refractivity contribution in [1.82, 2.24) is 5.32 Å². The van der Waals surface area contributed by atoms with Gasteiger partial charge in [-0.05, 0) is 47.0 Å². The van der Waals surface area contributed by atoms with Crippen LogP contribution in [0.25, 0.3) is 0 Å². The smallest absolute Gasteiger partial charge is 0.187 e. The predicted octanol–water partition coefficient (Wildman–Crippen LogP) is 3.58. The van der Waals surface area contributed by atoms with E-state index in [4.69, 9.17) is 5.11 Å². The maximum absolute atomic E-state index is 13.1. The fourth-order valence-corrected chi connectivity index (χ4v) is 2.38. The maximum Gasteiger partial charge on any atom is 0.187 e. The highest BCUT2D eigenvalue weighted by Gasteiger charge is 2.10. The Balaban J connectivity index is 2.02. The van der Waals surface area contributed by atoms with Gasteiger partial charge in [0.2, 0.25) is 0 Å². The minimum atomic E-state index is -0.935. The molecule has 1 aromatic carbocycles. The van der Waals surface area contributed by atoms with Crippen LogP contribution in [-0.4, -0.2) is 5.11 Å². The van der Waals surface area contributed by atoms with E-state index in [9.17, 15) is 8.78 Å². The number of phenolic OH excluding ortho intramolecular Hbond substituents is 1. The van der Waals surface area contributed by atoms with E-state index in [0.29, 0.717) is 12.1 Å². The number of benzene rings is 1. The zero-order valence-electron chi connectivity index (χ0n) is 9.78. The number of phenols is 1. The Morgan fingerprint density at radius 2 is 2.00 bits per heavy atom. The summed E-state index contributed by atoms with van der Waals surface area (Å²) in [5.41, 5.74) is 1.60. The second-order valence-electron chi connectivity index (χ2n) is 4.07. The molecule has 1 atom stereocenters. The first-order valence-corrected chi connectivity index (χ1v) is 6.44. The summed E-state index contributed by atoms with van der Waals surface area (Å²) in [6.45, 7) is 2.32. The van der Waals surface area contributed by atoms with Crippen LogP contribution in [0.15, 0.2) is 29.0 Å². The van der Waals surface area contributed by atoms with Crippen molar-refractivity contribution in [1.29, 1.82) is 0 Å². The molecule has 0 fully saturated rings. The monoisotopic (exact) mass is 269 g/mol. The van der Waals surface area contributed by atoms with E-state index in [1.54, 1.807) is 11.3 Å². The first kappa shape index (κ1) is 13.0. The van der Waals surface area contributed by atoms with Crippen molar-refractivity contribution >= 4 is 11.3 Å². The van der Waals surface area contributed by atoms with Gasteiger partial charge in [0.15, 0.2) is 17.4 Å². The molecule has 2 rings (SSSR count). The molecule has 0 spiro atoms. The molecule has 5 heteroatoms. The number of hydrogen-bond acceptors (Lipinski definition) is 3. The van der Waals surface area contributed by atoms with Crippen molar-refractivity contribution in [3.8, 4) is 5.75 Å².